The van der Waals surface area contributed by atoms with Crippen LogP contribution in [0.3, 0.4) is 0 Å². The first-order valence-corrected chi connectivity index (χ1v) is 9.90. The summed E-state index contributed by atoms with van der Waals surface area (Å²) in [6.45, 7) is 4.12. The predicted octanol–water partition coefficient (Wildman–Crippen LogP) is 8.16. The Morgan fingerprint density at radius 3 is 1.61 bits per heavy atom. The van der Waals surface area contributed by atoms with Gasteiger partial charge in [-0.15, -0.1) is 0 Å². The topological polar surface area (TPSA) is 0 Å². The van der Waals surface area contributed by atoms with E-state index in [0.717, 1.165) is 23.1 Å². The van der Waals surface area contributed by atoms with Gasteiger partial charge in [0.15, 0.2) is 11.7 Å². The van der Waals surface area contributed by atoms with Gasteiger partial charge in [0.2, 0.25) is 0 Å². The van der Waals surface area contributed by atoms with Crippen molar-refractivity contribution in [1.29, 1.82) is 0 Å². The van der Waals surface area contributed by atoms with Crippen LogP contribution >= 0.6 is 0 Å². The van der Waals surface area contributed by atoms with E-state index in [2.05, 4.69) is 31.2 Å². The van der Waals surface area contributed by atoms with Crippen LogP contribution in [0.25, 0.3) is 22.8 Å². The van der Waals surface area contributed by atoms with Gasteiger partial charge in [-0.25, -0.2) is 8.78 Å². The summed E-state index contributed by atoms with van der Waals surface area (Å²) in [7, 11) is 0. The van der Waals surface area contributed by atoms with Crippen LogP contribution in [-0.4, -0.2) is 0 Å². The van der Waals surface area contributed by atoms with Gasteiger partial charge in [0.05, 0.1) is 0 Å². The first-order chi connectivity index (χ1) is 13.6. The molecule has 0 radical (unpaired) electrons. The molecule has 28 heavy (non-hydrogen) atoms. The first kappa shape index (κ1) is 20.0. The fourth-order valence-corrected chi connectivity index (χ4v) is 3.21. The lowest BCUT2D eigenvalue weighted by Gasteiger charge is -2.07. The van der Waals surface area contributed by atoms with Crippen molar-refractivity contribution in [2.45, 2.75) is 39.5 Å². The zero-order valence-electron chi connectivity index (χ0n) is 16.5. The molecule has 0 unspecified atom stereocenters. The van der Waals surface area contributed by atoms with E-state index in [9.17, 15) is 8.78 Å². The van der Waals surface area contributed by atoms with E-state index in [1.165, 1.54) is 24.8 Å². The number of rotatable bonds is 7. The summed E-state index contributed by atoms with van der Waals surface area (Å²) in [5, 5.41) is 0. The monoisotopic (exact) mass is 376 g/mol. The van der Waals surface area contributed by atoms with Crippen LogP contribution in [0, 0.1) is 6.92 Å². The first-order valence-electron chi connectivity index (χ1n) is 9.90. The van der Waals surface area contributed by atoms with Crippen molar-refractivity contribution in [2.24, 2.45) is 0 Å². The summed E-state index contributed by atoms with van der Waals surface area (Å²) in [4.78, 5) is 0. The van der Waals surface area contributed by atoms with Crippen LogP contribution < -0.4 is 0 Å². The molecule has 144 valence electrons. The SMILES string of the molecule is CCCCCc1ccc(-c2ccc(/C(F)=C(\F)c3ccc(C)cc3)cc2)cc1. The molecule has 0 saturated carbocycles. The second-order valence-corrected chi connectivity index (χ2v) is 7.23. The average molecular weight is 376 g/mol. The zero-order chi connectivity index (χ0) is 19.9. The molecule has 3 rings (SSSR count). The fraction of sp³-hybridized carbons (Fsp3) is 0.231. The van der Waals surface area contributed by atoms with Crippen molar-refractivity contribution >= 4 is 11.7 Å². The van der Waals surface area contributed by atoms with Gasteiger partial charge in [-0.2, -0.15) is 0 Å². The highest BCUT2D eigenvalue weighted by Crippen LogP contribution is 2.30. The number of halogens is 2. The minimum Gasteiger partial charge on any atom is -0.203 e. The van der Waals surface area contributed by atoms with Gasteiger partial charge in [-0.1, -0.05) is 98.1 Å². The number of benzene rings is 3. The molecule has 2 heteroatoms. The van der Waals surface area contributed by atoms with Crippen molar-refractivity contribution in [1.82, 2.24) is 0 Å². The van der Waals surface area contributed by atoms with Gasteiger partial charge < -0.3 is 0 Å². The number of unbranched alkanes of at least 4 members (excludes halogenated alkanes) is 2. The van der Waals surface area contributed by atoms with Gasteiger partial charge in [0.25, 0.3) is 0 Å². The lowest BCUT2D eigenvalue weighted by atomic mass is 10.00. The second-order valence-electron chi connectivity index (χ2n) is 7.23. The standard InChI is InChI=1S/C26H26F2/c1-3-4-5-6-20-9-13-21(14-10-20)22-15-17-24(18-16-22)26(28)25(27)23-11-7-19(2)8-12-23/h7-18H,3-6H2,1-2H3/b26-25+. The quantitative estimate of drug-likeness (QED) is 0.288. The highest BCUT2D eigenvalue weighted by Gasteiger charge is 2.11. The lowest BCUT2D eigenvalue weighted by Crippen LogP contribution is -1.87. The fourth-order valence-electron chi connectivity index (χ4n) is 3.21. The third kappa shape index (κ3) is 4.95. The van der Waals surface area contributed by atoms with E-state index in [0.29, 0.717) is 0 Å². The van der Waals surface area contributed by atoms with E-state index >= 15 is 0 Å². The molecule has 0 bridgehead atoms. The molecule has 0 aliphatic rings. The van der Waals surface area contributed by atoms with Crippen LogP contribution in [0.1, 0.15) is 48.4 Å². The molecular weight excluding hydrogens is 350 g/mol. The zero-order valence-corrected chi connectivity index (χ0v) is 16.5. The highest BCUT2D eigenvalue weighted by atomic mass is 19.2. The van der Waals surface area contributed by atoms with Crippen molar-refractivity contribution in [3.63, 3.8) is 0 Å². The molecule has 3 aromatic carbocycles. The van der Waals surface area contributed by atoms with Gasteiger partial charge in [0, 0.05) is 11.1 Å². The molecule has 0 fully saturated rings. The van der Waals surface area contributed by atoms with Gasteiger partial charge in [0.1, 0.15) is 0 Å². The van der Waals surface area contributed by atoms with Crippen molar-refractivity contribution < 1.29 is 8.78 Å². The van der Waals surface area contributed by atoms with Gasteiger partial charge in [-0.05, 0) is 36.5 Å². The Balaban J connectivity index is 1.75. The van der Waals surface area contributed by atoms with Crippen LogP contribution in [0.2, 0.25) is 0 Å². The largest absolute Gasteiger partial charge is 0.203 e. The minimum atomic E-state index is -0.832. The molecule has 0 heterocycles. The normalized spacial score (nSPS) is 12.0. The molecule has 0 aromatic heterocycles. The summed E-state index contributed by atoms with van der Waals surface area (Å²) in [5.74, 6) is -1.66. The van der Waals surface area contributed by atoms with Crippen molar-refractivity contribution in [3.05, 3.63) is 95.1 Å². The molecular formula is C26H26F2. The maximum absolute atomic E-state index is 14.6. The summed E-state index contributed by atoms with van der Waals surface area (Å²) < 4.78 is 29.0. The van der Waals surface area contributed by atoms with Crippen LogP contribution in [-0.2, 0) is 6.42 Å². The Kier molecular flexibility index (Phi) is 6.76. The summed E-state index contributed by atoms with van der Waals surface area (Å²) in [5.41, 5.74) is 4.92. The Hall–Kier alpha value is -2.74. The summed E-state index contributed by atoms with van der Waals surface area (Å²) in [6.07, 6.45) is 4.78. The molecule has 0 spiro atoms. The lowest BCUT2D eigenvalue weighted by molar-refractivity contribution is 0.700. The average Bonchev–Trinajstić information content (AvgIpc) is 2.74. The smallest absolute Gasteiger partial charge is 0.166 e. The van der Waals surface area contributed by atoms with Crippen molar-refractivity contribution in [2.75, 3.05) is 0 Å². The van der Waals surface area contributed by atoms with E-state index in [1.807, 2.05) is 19.1 Å². The van der Waals surface area contributed by atoms with Gasteiger partial charge in [-0.3, -0.25) is 0 Å². The molecule has 3 aromatic rings. The van der Waals surface area contributed by atoms with E-state index in [1.54, 1.807) is 36.4 Å². The van der Waals surface area contributed by atoms with Gasteiger partial charge >= 0.3 is 0 Å². The Morgan fingerprint density at radius 2 is 1.11 bits per heavy atom. The molecule has 0 nitrogen and oxygen atoms in total. The van der Waals surface area contributed by atoms with Crippen LogP contribution in [0.5, 0.6) is 0 Å². The maximum atomic E-state index is 14.6. The van der Waals surface area contributed by atoms with Crippen LogP contribution in [0.15, 0.2) is 72.8 Å². The highest BCUT2D eigenvalue weighted by molar-refractivity contribution is 5.83. The Bertz CT molecular complexity index is 918. The Labute approximate surface area is 166 Å². The molecule has 0 aliphatic carbocycles. The van der Waals surface area contributed by atoms with Crippen molar-refractivity contribution in [3.8, 4) is 11.1 Å². The van der Waals surface area contributed by atoms with E-state index in [-0.39, 0.29) is 11.1 Å². The van der Waals surface area contributed by atoms with Crippen LogP contribution in [0.4, 0.5) is 8.78 Å². The number of hydrogen-bond acceptors (Lipinski definition) is 0. The molecule has 0 N–H and O–H groups in total. The summed E-state index contributed by atoms with van der Waals surface area (Å²) >= 11 is 0. The molecule has 0 saturated heterocycles. The molecule has 0 atom stereocenters. The number of aryl methyl sites for hydroxylation is 2. The second kappa shape index (κ2) is 9.45. The Morgan fingerprint density at radius 1 is 0.643 bits per heavy atom. The van der Waals surface area contributed by atoms with E-state index < -0.39 is 11.7 Å². The third-order valence-corrected chi connectivity index (χ3v) is 4.99. The number of hydrogen-bond donors (Lipinski definition) is 0. The molecule has 0 aliphatic heterocycles. The molecule has 0 amide bonds. The maximum Gasteiger partial charge on any atom is 0.166 e. The minimum absolute atomic E-state index is 0.248. The van der Waals surface area contributed by atoms with E-state index in [4.69, 9.17) is 0 Å². The summed E-state index contributed by atoms with van der Waals surface area (Å²) in [6, 6.07) is 22.2. The third-order valence-electron chi connectivity index (χ3n) is 4.99. The predicted molar refractivity (Wildman–Crippen MR) is 115 cm³/mol.